The molecule has 3 amide bonds. The van der Waals surface area contributed by atoms with E-state index in [1.165, 1.54) is 15.9 Å². The van der Waals surface area contributed by atoms with E-state index >= 15 is 0 Å². The third kappa shape index (κ3) is 11.0. The van der Waals surface area contributed by atoms with Gasteiger partial charge in [-0.2, -0.15) is 0 Å². The summed E-state index contributed by atoms with van der Waals surface area (Å²) < 4.78 is 0. The van der Waals surface area contributed by atoms with Gasteiger partial charge in [0.05, 0.1) is 0 Å². The van der Waals surface area contributed by atoms with Crippen LogP contribution in [0, 0.1) is 0 Å². The average Bonchev–Trinajstić information content (AvgIpc) is 3.13. The number of nitrogens with one attached hydrogen (secondary N) is 2. The molecule has 0 radical (unpaired) electrons. The van der Waals surface area contributed by atoms with Gasteiger partial charge >= 0.3 is 0 Å². The SMILES string of the molecule is CNC(C)(C)CC=CC(=O)N(C)[C@H](Cc1ccc(-c2ccccc2)cc1)C(=O)N(C)[C@H](Cc1ccccc1)C(=O)NCCc1ccccc1. The van der Waals surface area contributed by atoms with Crippen molar-refractivity contribution in [1.82, 2.24) is 20.4 Å². The van der Waals surface area contributed by atoms with Crippen LogP contribution in [0.15, 0.2) is 127 Å². The van der Waals surface area contributed by atoms with Gasteiger partial charge in [0.25, 0.3) is 0 Å². The zero-order valence-corrected chi connectivity index (χ0v) is 29.4. The predicted molar refractivity (Wildman–Crippen MR) is 199 cm³/mol. The van der Waals surface area contributed by atoms with Crippen molar-refractivity contribution in [2.24, 2.45) is 0 Å². The summed E-state index contributed by atoms with van der Waals surface area (Å²) in [7, 11) is 5.22. The van der Waals surface area contributed by atoms with Crippen molar-refractivity contribution in [2.75, 3.05) is 27.7 Å². The Balaban J connectivity index is 1.59. The molecule has 0 aliphatic carbocycles. The van der Waals surface area contributed by atoms with Gasteiger partial charge in [0.15, 0.2) is 0 Å². The minimum atomic E-state index is -0.836. The predicted octanol–water partition coefficient (Wildman–Crippen LogP) is 6.10. The summed E-state index contributed by atoms with van der Waals surface area (Å²) in [4.78, 5) is 44.9. The standard InChI is InChI=1S/C42H50N4O3/c1-42(2,43-3)28-15-22-39(47)45(4)38(31-34-23-25-36(26-24-34)35-20-13-8-14-21-35)41(49)46(5)37(30-33-18-11-7-12-19-33)40(48)44-29-27-32-16-9-6-10-17-32/h6-26,37-38,43H,27-31H2,1-5H3,(H,44,48)/t37-,38-/m1/s1. The van der Waals surface area contributed by atoms with Crippen LogP contribution in [0.1, 0.15) is 37.0 Å². The molecule has 2 N–H and O–H groups in total. The molecule has 0 saturated carbocycles. The smallest absolute Gasteiger partial charge is 0.246 e. The van der Waals surface area contributed by atoms with E-state index in [1.54, 1.807) is 14.1 Å². The molecular weight excluding hydrogens is 608 g/mol. The van der Waals surface area contributed by atoms with Gasteiger partial charge in [-0.3, -0.25) is 14.4 Å². The Kier molecular flexibility index (Phi) is 13.5. The Hall–Kier alpha value is -5.01. The summed E-state index contributed by atoms with van der Waals surface area (Å²) in [5, 5.41) is 6.31. The zero-order chi connectivity index (χ0) is 35.2. The summed E-state index contributed by atoms with van der Waals surface area (Å²) in [6.07, 6.45) is 5.34. The van der Waals surface area contributed by atoms with Crippen molar-refractivity contribution in [3.05, 3.63) is 144 Å². The van der Waals surface area contributed by atoms with E-state index < -0.39 is 12.1 Å². The summed E-state index contributed by atoms with van der Waals surface area (Å²) in [6, 6.07) is 36.3. The van der Waals surface area contributed by atoms with Gasteiger partial charge in [-0.15, -0.1) is 0 Å². The fourth-order valence-electron chi connectivity index (χ4n) is 5.63. The van der Waals surface area contributed by atoms with Crippen molar-refractivity contribution in [2.45, 2.75) is 57.2 Å². The average molecular weight is 659 g/mol. The number of carbonyl (C=O) groups is 3. The highest BCUT2D eigenvalue weighted by atomic mass is 16.2. The number of hydrogen-bond acceptors (Lipinski definition) is 4. The monoisotopic (exact) mass is 658 g/mol. The van der Waals surface area contributed by atoms with Gasteiger partial charge in [0.2, 0.25) is 17.7 Å². The Morgan fingerprint density at radius 3 is 1.78 bits per heavy atom. The minimum Gasteiger partial charge on any atom is -0.354 e. The van der Waals surface area contributed by atoms with Crippen molar-refractivity contribution in [3.8, 4) is 11.1 Å². The number of rotatable bonds is 16. The second-order valence-electron chi connectivity index (χ2n) is 13.2. The molecule has 7 heteroatoms. The summed E-state index contributed by atoms with van der Waals surface area (Å²) in [6.45, 7) is 4.56. The van der Waals surface area contributed by atoms with E-state index in [4.69, 9.17) is 0 Å². The van der Waals surface area contributed by atoms with E-state index in [0.29, 0.717) is 32.2 Å². The third-order valence-electron chi connectivity index (χ3n) is 9.10. The molecule has 0 aromatic heterocycles. The van der Waals surface area contributed by atoms with Crippen LogP contribution in [0.25, 0.3) is 11.1 Å². The van der Waals surface area contributed by atoms with Gasteiger partial charge < -0.3 is 20.4 Å². The molecule has 0 bridgehead atoms. The molecule has 0 heterocycles. The molecule has 2 atom stereocenters. The molecule has 0 aliphatic rings. The number of benzene rings is 4. The van der Waals surface area contributed by atoms with Crippen molar-refractivity contribution in [1.29, 1.82) is 0 Å². The minimum absolute atomic E-state index is 0.177. The third-order valence-corrected chi connectivity index (χ3v) is 9.10. The first kappa shape index (κ1) is 36.8. The Morgan fingerprint density at radius 2 is 1.18 bits per heavy atom. The van der Waals surface area contributed by atoms with Gasteiger partial charge in [0.1, 0.15) is 12.1 Å². The molecule has 4 aromatic rings. The van der Waals surface area contributed by atoms with Crippen molar-refractivity contribution in [3.63, 3.8) is 0 Å². The molecule has 4 aromatic carbocycles. The first-order valence-corrected chi connectivity index (χ1v) is 17.0. The molecule has 49 heavy (non-hydrogen) atoms. The number of hydrogen-bond donors (Lipinski definition) is 2. The fourth-order valence-corrected chi connectivity index (χ4v) is 5.63. The molecule has 0 unspecified atom stereocenters. The Labute approximate surface area is 292 Å². The fraction of sp³-hybridized carbons (Fsp3) is 0.310. The van der Waals surface area contributed by atoms with E-state index in [1.807, 2.05) is 116 Å². The largest absolute Gasteiger partial charge is 0.354 e. The quantitative estimate of drug-likeness (QED) is 0.143. The second kappa shape index (κ2) is 17.9. The van der Waals surface area contributed by atoms with Crippen LogP contribution >= 0.6 is 0 Å². The number of nitrogens with zero attached hydrogens (tertiary/aromatic N) is 2. The number of amides is 3. The maximum atomic E-state index is 14.5. The van der Waals surface area contributed by atoms with Gasteiger partial charge in [-0.1, -0.05) is 121 Å². The van der Waals surface area contributed by atoms with Gasteiger partial charge in [0, 0.05) is 39.0 Å². The van der Waals surface area contributed by atoms with Crippen LogP contribution < -0.4 is 10.6 Å². The lowest BCUT2D eigenvalue weighted by Crippen LogP contribution is -2.56. The number of likely N-dealkylation sites (N-methyl/N-ethyl adjacent to an activating group) is 2. The summed E-state index contributed by atoms with van der Waals surface area (Å²) in [5.41, 5.74) is 4.97. The summed E-state index contributed by atoms with van der Waals surface area (Å²) in [5.74, 6) is -0.803. The molecular formula is C42H50N4O3. The van der Waals surface area contributed by atoms with Crippen molar-refractivity contribution < 1.29 is 14.4 Å². The first-order chi connectivity index (χ1) is 23.6. The van der Waals surface area contributed by atoms with Crippen LogP contribution in [0.5, 0.6) is 0 Å². The van der Waals surface area contributed by atoms with Crippen LogP contribution in [0.4, 0.5) is 0 Å². The van der Waals surface area contributed by atoms with Crippen molar-refractivity contribution >= 4 is 17.7 Å². The molecule has 0 aliphatic heterocycles. The van der Waals surface area contributed by atoms with Crippen LogP contribution in [0.3, 0.4) is 0 Å². The van der Waals surface area contributed by atoms with Crippen LogP contribution in [-0.2, 0) is 33.6 Å². The lowest BCUT2D eigenvalue weighted by molar-refractivity contribution is -0.146. The molecule has 256 valence electrons. The molecule has 4 rings (SSSR count). The maximum Gasteiger partial charge on any atom is 0.246 e. The normalized spacial score (nSPS) is 12.7. The van der Waals surface area contributed by atoms with Crippen LogP contribution in [-0.4, -0.2) is 72.8 Å². The topological polar surface area (TPSA) is 81.8 Å². The highest BCUT2D eigenvalue weighted by Gasteiger charge is 2.34. The molecule has 0 saturated heterocycles. The van der Waals surface area contributed by atoms with Gasteiger partial charge in [-0.05, 0) is 67.6 Å². The number of carbonyl (C=O) groups excluding carboxylic acids is 3. The highest BCUT2D eigenvalue weighted by Crippen LogP contribution is 2.22. The first-order valence-electron chi connectivity index (χ1n) is 17.0. The molecule has 0 spiro atoms. The van der Waals surface area contributed by atoms with E-state index in [2.05, 4.69) is 36.6 Å². The lowest BCUT2D eigenvalue weighted by atomic mass is 9.98. The van der Waals surface area contributed by atoms with Gasteiger partial charge in [-0.25, -0.2) is 0 Å². The molecule has 0 fully saturated rings. The highest BCUT2D eigenvalue weighted by molar-refractivity contribution is 5.95. The molecule has 7 nitrogen and oxygen atoms in total. The zero-order valence-electron chi connectivity index (χ0n) is 29.4. The van der Waals surface area contributed by atoms with E-state index in [-0.39, 0.29) is 23.3 Å². The summed E-state index contributed by atoms with van der Waals surface area (Å²) >= 11 is 0. The van der Waals surface area contributed by atoms with E-state index in [0.717, 1.165) is 27.8 Å². The Bertz CT molecular complexity index is 1650. The maximum absolute atomic E-state index is 14.5. The second-order valence-corrected chi connectivity index (χ2v) is 13.2. The Morgan fingerprint density at radius 1 is 0.673 bits per heavy atom. The lowest BCUT2D eigenvalue weighted by Gasteiger charge is -2.34. The van der Waals surface area contributed by atoms with E-state index in [9.17, 15) is 14.4 Å². The van der Waals surface area contributed by atoms with Crippen LogP contribution in [0.2, 0.25) is 0 Å².